The number of carbonyl (C=O) groups is 1. The number of urea groups is 1. The molecule has 1 aliphatic heterocycles. The van der Waals surface area contributed by atoms with Gasteiger partial charge in [-0.2, -0.15) is 0 Å². The van der Waals surface area contributed by atoms with E-state index in [-0.39, 0.29) is 6.04 Å². The molecule has 0 saturated carbocycles. The van der Waals surface area contributed by atoms with Crippen molar-refractivity contribution in [2.75, 3.05) is 32.1 Å². The van der Waals surface area contributed by atoms with Crippen LogP contribution < -0.4 is 10.0 Å². The Morgan fingerprint density at radius 3 is 2.53 bits per heavy atom. The zero-order chi connectivity index (χ0) is 21.1. The summed E-state index contributed by atoms with van der Waals surface area (Å²) in [5.41, 5.74) is 5.80. The van der Waals surface area contributed by atoms with E-state index in [0.29, 0.717) is 6.61 Å². The molecule has 2 aliphatic carbocycles. The Kier molecular flexibility index (Phi) is 6.46. The number of nitrogens with zero attached hydrogens (tertiary/aromatic N) is 1. The Morgan fingerprint density at radius 1 is 1.17 bits per heavy atom. The number of nitrogens with one attached hydrogen (secondary N) is 2. The molecule has 0 aromatic heterocycles. The third kappa shape index (κ3) is 4.71. The Labute approximate surface area is 178 Å². The Morgan fingerprint density at radius 2 is 1.87 bits per heavy atom. The minimum absolute atomic E-state index is 0.0560. The zero-order valence-corrected chi connectivity index (χ0v) is 18.4. The minimum atomic E-state index is -3.86. The van der Waals surface area contributed by atoms with E-state index in [1.165, 1.54) is 22.3 Å². The van der Waals surface area contributed by atoms with Gasteiger partial charge in [-0.15, -0.1) is 0 Å². The van der Waals surface area contributed by atoms with Gasteiger partial charge in [0.15, 0.2) is 0 Å². The first kappa shape index (κ1) is 21.3. The number of hydrogen-bond donors (Lipinski definition) is 2. The highest BCUT2D eigenvalue weighted by Gasteiger charge is 2.26. The van der Waals surface area contributed by atoms with Crippen LogP contribution in [-0.2, 0) is 40.4 Å². The van der Waals surface area contributed by atoms with Crippen molar-refractivity contribution in [1.82, 2.24) is 9.62 Å². The summed E-state index contributed by atoms with van der Waals surface area (Å²) in [4.78, 5) is 14.8. The summed E-state index contributed by atoms with van der Waals surface area (Å²) in [7, 11) is -2.20. The molecule has 1 aromatic rings. The summed E-state index contributed by atoms with van der Waals surface area (Å²) >= 11 is 0. The number of hydrogen-bond acceptors (Lipinski definition) is 5. The van der Waals surface area contributed by atoms with Crippen LogP contribution >= 0.6 is 0 Å². The fraction of sp³-hybridized carbons (Fsp3) is 0.591. The Balaban J connectivity index is 1.42. The van der Waals surface area contributed by atoms with Crippen LogP contribution in [-0.4, -0.2) is 52.2 Å². The normalized spacial score (nSPS) is 21.2. The molecule has 30 heavy (non-hydrogen) atoms. The van der Waals surface area contributed by atoms with Gasteiger partial charge in [-0.25, -0.2) is 17.9 Å². The molecular weight excluding hydrogens is 402 g/mol. The number of aryl methyl sites for hydroxylation is 2. The van der Waals surface area contributed by atoms with E-state index in [9.17, 15) is 13.2 Å². The lowest BCUT2D eigenvalue weighted by molar-refractivity contribution is 0.150. The van der Waals surface area contributed by atoms with Crippen molar-refractivity contribution in [3.05, 3.63) is 39.8 Å². The first-order valence-electron chi connectivity index (χ1n) is 10.9. The van der Waals surface area contributed by atoms with E-state index in [1.807, 2.05) is 0 Å². The van der Waals surface area contributed by atoms with Crippen LogP contribution in [0.5, 0.6) is 0 Å². The lowest BCUT2D eigenvalue weighted by atomic mass is 9.99. The number of anilines is 1. The van der Waals surface area contributed by atoms with E-state index in [4.69, 9.17) is 4.74 Å². The lowest BCUT2D eigenvalue weighted by Gasteiger charge is -2.21. The molecule has 0 radical (unpaired) electrons. The van der Waals surface area contributed by atoms with Crippen molar-refractivity contribution in [3.63, 3.8) is 0 Å². The number of rotatable bonds is 7. The third-order valence-electron chi connectivity index (χ3n) is 6.42. The van der Waals surface area contributed by atoms with Crippen molar-refractivity contribution >= 4 is 21.7 Å². The predicted octanol–water partition coefficient (Wildman–Crippen LogP) is 2.74. The van der Waals surface area contributed by atoms with E-state index in [1.54, 1.807) is 13.2 Å². The number of methoxy groups -OCH3 is 1. The highest BCUT2D eigenvalue weighted by molar-refractivity contribution is 7.92. The van der Waals surface area contributed by atoms with Crippen LogP contribution in [0.25, 0.3) is 0 Å². The van der Waals surface area contributed by atoms with Crippen molar-refractivity contribution < 1.29 is 17.9 Å². The van der Waals surface area contributed by atoms with Gasteiger partial charge in [0.1, 0.15) is 0 Å². The van der Waals surface area contributed by atoms with Crippen LogP contribution in [0.1, 0.15) is 47.9 Å². The maximum Gasteiger partial charge on any atom is 0.333 e. The second kappa shape index (κ2) is 9.08. The van der Waals surface area contributed by atoms with Crippen LogP contribution in [0.3, 0.4) is 0 Å². The summed E-state index contributed by atoms with van der Waals surface area (Å²) in [6.45, 7) is 2.31. The molecule has 1 saturated heterocycles. The van der Waals surface area contributed by atoms with Crippen LogP contribution in [0.15, 0.2) is 17.6 Å². The fourth-order valence-corrected chi connectivity index (χ4v) is 5.79. The molecule has 0 spiro atoms. The minimum Gasteiger partial charge on any atom is -0.383 e. The van der Waals surface area contributed by atoms with E-state index in [2.05, 4.69) is 21.0 Å². The molecule has 1 heterocycles. The highest BCUT2D eigenvalue weighted by Crippen LogP contribution is 2.38. The summed E-state index contributed by atoms with van der Waals surface area (Å²) in [6, 6.07) is 1.65. The average molecular weight is 434 g/mol. The van der Waals surface area contributed by atoms with Gasteiger partial charge >= 0.3 is 6.03 Å². The molecule has 7 nitrogen and oxygen atoms in total. The quantitative estimate of drug-likeness (QED) is 0.690. The van der Waals surface area contributed by atoms with E-state index in [0.717, 1.165) is 75.6 Å². The molecule has 2 N–H and O–H groups in total. The first-order valence-corrected chi connectivity index (χ1v) is 12.4. The number of carbonyl (C=O) groups excluding carboxylic acids is 1. The smallest absolute Gasteiger partial charge is 0.333 e. The second-order valence-electron chi connectivity index (χ2n) is 8.40. The number of ether oxygens (including phenoxy) is 1. The molecule has 3 aliphatic rings. The number of fused-ring (bicyclic) bond motifs is 2. The summed E-state index contributed by atoms with van der Waals surface area (Å²) < 4.78 is 32.2. The van der Waals surface area contributed by atoms with Gasteiger partial charge in [0.25, 0.3) is 10.0 Å². The number of sulfonamides is 1. The molecule has 1 aromatic carbocycles. The van der Waals surface area contributed by atoms with Gasteiger partial charge in [0.05, 0.1) is 6.61 Å². The van der Waals surface area contributed by atoms with Gasteiger partial charge < -0.3 is 10.1 Å². The van der Waals surface area contributed by atoms with Gasteiger partial charge in [-0.1, -0.05) is 12.1 Å². The summed E-state index contributed by atoms with van der Waals surface area (Å²) in [5, 5.41) is 4.00. The molecule has 4 rings (SSSR count). The largest absolute Gasteiger partial charge is 0.383 e. The Bertz CT molecular complexity index is 910. The van der Waals surface area contributed by atoms with Crippen molar-refractivity contribution in [2.24, 2.45) is 0 Å². The first-order chi connectivity index (χ1) is 14.5. The molecule has 8 heteroatoms. The van der Waals surface area contributed by atoms with Crippen molar-refractivity contribution in [3.8, 4) is 0 Å². The zero-order valence-electron chi connectivity index (χ0n) is 17.6. The Hall–Kier alpha value is -1.90. The number of benzene rings is 1. The lowest BCUT2D eigenvalue weighted by Crippen LogP contribution is -2.34. The molecule has 1 fully saturated rings. The van der Waals surface area contributed by atoms with Crippen LogP contribution in [0, 0.1) is 0 Å². The maximum absolute atomic E-state index is 12.6. The highest BCUT2D eigenvalue weighted by atomic mass is 32.2. The summed E-state index contributed by atoms with van der Waals surface area (Å²) in [5.74, 6) is 0. The predicted molar refractivity (Wildman–Crippen MR) is 117 cm³/mol. The molecule has 2 amide bonds. The molecular formula is C22H31N3O4S. The second-order valence-corrected chi connectivity index (χ2v) is 9.97. The van der Waals surface area contributed by atoms with Crippen molar-refractivity contribution in [1.29, 1.82) is 0 Å². The number of amides is 2. The SMILES string of the molecule is COCCN1CCCC1/C=C/S(=O)(=O)NC(=O)Nc1c2c(cc3c1CCC3)CCC2. The van der Waals surface area contributed by atoms with Crippen LogP contribution in [0.2, 0.25) is 0 Å². The topological polar surface area (TPSA) is 87.7 Å². The van der Waals surface area contributed by atoms with Crippen LogP contribution in [0.4, 0.5) is 10.5 Å². The van der Waals surface area contributed by atoms with E-state index >= 15 is 0 Å². The molecule has 1 atom stereocenters. The average Bonchev–Trinajstić information content (AvgIpc) is 3.44. The molecule has 1 unspecified atom stereocenters. The van der Waals surface area contributed by atoms with Gasteiger partial charge in [0.2, 0.25) is 0 Å². The van der Waals surface area contributed by atoms with E-state index < -0.39 is 16.1 Å². The number of likely N-dealkylation sites (tertiary alicyclic amines) is 1. The fourth-order valence-electron chi connectivity index (χ4n) is 5.02. The summed E-state index contributed by atoms with van der Waals surface area (Å²) in [6.07, 6.45) is 9.69. The van der Waals surface area contributed by atoms with Gasteiger partial charge in [-0.3, -0.25) is 4.90 Å². The van der Waals surface area contributed by atoms with Gasteiger partial charge in [-0.05, 0) is 80.2 Å². The molecule has 0 bridgehead atoms. The van der Waals surface area contributed by atoms with Crippen molar-refractivity contribution in [2.45, 2.75) is 57.4 Å². The monoisotopic (exact) mass is 433 g/mol. The third-order valence-corrected chi connectivity index (χ3v) is 7.41. The molecule has 164 valence electrons. The maximum atomic E-state index is 12.6. The van der Waals surface area contributed by atoms with Gasteiger partial charge in [0, 0.05) is 30.8 Å². The standard InChI is InChI=1S/C22H31N3O4S/c1-29-13-12-25-11-4-7-18(25)10-14-30(27,28)24-22(26)23-21-19-8-2-5-16(19)15-17-6-3-9-20(17)21/h10,14-15,18H,2-9,11-13H2,1H3,(H2,23,24,26)/b14-10+.